The van der Waals surface area contributed by atoms with Gasteiger partial charge in [0.1, 0.15) is 11.2 Å². The third-order valence-corrected chi connectivity index (χ3v) is 4.24. The van der Waals surface area contributed by atoms with Crippen LogP contribution in [-0.2, 0) is 0 Å². The molecule has 1 fully saturated rings. The second-order valence-electron chi connectivity index (χ2n) is 5.80. The SMILES string of the molecule is Cc1ccc2ncc(C(=O)N3CCCCC3CN)c(=O)n2c1. The molecule has 6 heteroatoms. The molecule has 1 unspecified atom stereocenters. The van der Waals surface area contributed by atoms with Crippen molar-refractivity contribution in [1.29, 1.82) is 0 Å². The zero-order valence-corrected chi connectivity index (χ0v) is 12.7. The first-order valence-electron chi connectivity index (χ1n) is 7.61. The lowest BCUT2D eigenvalue weighted by Crippen LogP contribution is -2.48. The van der Waals surface area contributed by atoms with Crippen molar-refractivity contribution in [3.63, 3.8) is 0 Å². The van der Waals surface area contributed by atoms with Crippen LogP contribution in [0.1, 0.15) is 35.2 Å². The van der Waals surface area contributed by atoms with Crippen LogP contribution < -0.4 is 11.3 Å². The number of likely N-dealkylation sites (tertiary alicyclic amines) is 1. The number of carbonyl (C=O) groups is 1. The molecule has 6 nitrogen and oxygen atoms in total. The summed E-state index contributed by atoms with van der Waals surface area (Å²) in [6.07, 6.45) is 6.00. The minimum atomic E-state index is -0.319. The molecule has 2 aromatic rings. The highest BCUT2D eigenvalue weighted by Gasteiger charge is 2.28. The van der Waals surface area contributed by atoms with Crippen molar-refractivity contribution in [2.75, 3.05) is 13.1 Å². The van der Waals surface area contributed by atoms with E-state index in [0.29, 0.717) is 18.7 Å². The van der Waals surface area contributed by atoms with Crippen molar-refractivity contribution in [1.82, 2.24) is 14.3 Å². The van der Waals surface area contributed by atoms with Crippen LogP contribution in [0.25, 0.3) is 5.65 Å². The maximum absolute atomic E-state index is 12.7. The van der Waals surface area contributed by atoms with Gasteiger partial charge < -0.3 is 10.6 Å². The maximum Gasteiger partial charge on any atom is 0.270 e. The van der Waals surface area contributed by atoms with Crippen LogP contribution in [0.3, 0.4) is 0 Å². The van der Waals surface area contributed by atoms with E-state index in [-0.39, 0.29) is 23.1 Å². The van der Waals surface area contributed by atoms with Crippen LogP contribution in [0.15, 0.2) is 29.3 Å². The summed E-state index contributed by atoms with van der Waals surface area (Å²) in [5, 5.41) is 0. The number of aryl methyl sites for hydroxylation is 1. The molecule has 0 aromatic carbocycles. The molecule has 0 spiro atoms. The number of pyridine rings is 1. The van der Waals surface area contributed by atoms with Gasteiger partial charge in [0.15, 0.2) is 0 Å². The number of aromatic nitrogens is 2. The van der Waals surface area contributed by atoms with Crippen LogP contribution in [0.5, 0.6) is 0 Å². The van der Waals surface area contributed by atoms with Crippen molar-refractivity contribution in [3.05, 3.63) is 46.0 Å². The second kappa shape index (κ2) is 5.88. The van der Waals surface area contributed by atoms with Gasteiger partial charge in [0.25, 0.3) is 11.5 Å². The molecule has 3 heterocycles. The number of carbonyl (C=O) groups excluding carboxylic acids is 1. The molecule has 0 bridgehead atoms. The molecular formula is C16H20N4O2. The van der Waals surface area contributed by atoms with Crippen LogP contribution in [0.4, 0.5) is 0 Å². The standard InChI is InChI=1S/C16H20N4O2/c1-11-5-6-14-18-9-13(16(22)20(14)10-11)15(21)19-7-3-2-4-12(19)8-17/h5-6,9-10,12H,2-4,7-8,17H2,1H3. The van der Waals surface area contributed by atoms with Gasteiger partial charge in [-0.3, -0.25) is 14.0 Å². The highest BCUT2D eigenvalue weighted by molar-refractivity contribution is 5.94. The topological polar surface area (TPSA) is 80.7 Å². The van der Waals surface area contributed by atoms with Gasteiger partial charge >= 0.3 is 0 Å². The first kappa shape index (κ1) is 14.7. The molecule has 22 heavy (non-hydrogen) atoms. The first-order chi connectivity index (χ1) is 10.6. The Morgan fingerprint density at radius 1 is 1.41 bits per heavy atom. The lowest BCUT2D eigenvalue weighted by molar-refractivity contribution is 0.0621. The number of nitrogens with zero attached hydrogens (tertiary/aromatic N) is 3. The number of hydrogen-bond donors (Lipinski definition) is 1. The Labute approximate surface area is 128 Å². The van der Waals surface area contributed by atoms with Gasteiger partial charge in [-0.2, -0.15) is 0 Å². The lowest BCUT2D eigenvalue weighted by atomic mass is 10.0. The van der Waals surface area contributed by atoms with Crippen LogP contribution in [0, 0.1) is 6.92 Å². The normalized spacial score (nSPS) is 18.6. The Bertz CT molecular complexity index is 768. The van der Waals surface area contributed by atoms with E-state index < -0.39 is 0 Å². The second-order valence-corrected chi connectivity index (χ2v) is 5.80. The molecule has 2 N–H and O–H groups in total. The minimum Gasteiger partial charge on any atom is -0.334 e. The Balaban J connectivity index is 2.04. The molecule has 1 aliphatic rings. The van der Waals surface area contributed by atoms with Crippen molar-refractivity contribution in [2.45, 2.75) is 32.2 Å². The average molecular weight is 300 g/mol. The molecule has 1 atom stereocenters. The fraction of sp³-hybridized carbons (Fsp3) is 0.438. The number of rotatable bonds is 2. The van der Waals surface area contributed by atoms with E-state index in [0.717, 1.165) is 24.8 Å². The number of amides is 1. The van der Waals surface area contributed by atoms with Crippen LogP contribution in [-0.4, -0.2) is 39.3 Å². The van der Waals surface area contributed by atoms with Gasteiger partial charge in [-0.05, 0) is 37.8 Å². The summed E-state index contributed by atoms with van der Waals surface area (Å²) in [5.41, 5.74) is 7.05. The van der Waals surface area contributed by atoms with E-state index in [9.17, 15) is 9.59 Å². The molecule has 0 saturated carbocycles. The Morgan fingerprint density at radius 2 is 2.23 bits per heavy atom. The molecule has 2 aromatic heterocycles. The largest absolute Gasteiger partial charge is 0.334 e. The summed E-state index contributed by atoms with van der Waals surface area (Å²) in [6.45, 7) is 2.97. The smallest absolute Gasteiger partial charge is 0.270 e. The molecule has 0 radical (unpaired) electrons. The van der Waals surface area contributed by atoms with Crippen molar-refractivity contribution in [2.24, 2.45) is 5.73 Å². The number of hydrogen-bond acceptors (Lipinski definition) is 4. The van der Waals surface area contributed by atoms with E-state index in [4.69, 9.17) is 5.73 Å². The zero-order chi connectivity index (χ0) is 15.7. The quantitative estimate of drug-likeness (QED) is 0.895. The van der Waals surface area contributed by atoms with Gasteiger partial charge in [0.2, 0.25) is 0 Å². The molecule has 1 aliphatic heterocycles. The monoisotopic (exact) mass is 300 g/mol. The summed E-state index contributed by atoms with van der Waals surface area (Å²) in [7, 11) is 0. The van der Waals surface area contributed by atoms with Crippen LogP contribution >= 0.6 is 0 Å². The third-order valence-electron chi connectivity index (χ3n) is 4.24. The predicted octanol–water partition coefficient (Wildman–Crippen LogP) is 0.956. The van der Waals surface area contributed by atoms with Gasteiger partial charge in [-0.15, -0.1) is 0 Å². The highest BCUT2D eigenvalue weighted by atomic mass is 16.2. The highest BCUT2D eigenvalue weighted by Crippen LogP contribution is 2.18. The number of fused-ring (bicyclic) bond motifs is 1. The minimum absolute atomic E-state index is 0.0128. The number of nitrogens with two attached hydrogens (primary N) is 1. The maximum atomic E-state index is 12.7. The van der Waals surface area contributed by atoms with E-state index in [1.54, 1.807) is 17.2 Å². The van der Waals surface area contributed by atoms with Crippen molar-refractivity contribution >= 4 is 11.6 Å². The molecule has 1 amide bonds. The summed E-state index contributed by atoms with van der Waals surface area (Å²) < 4.78 is 1.43. The summed E-state index contributed by atoms with van der Waals surface area (Å²) >= 11 is 0. The average Bonchev–Trinajstić information content (AvgIpc) is 2.55. The molecule has 116 valence electrons. The Hall–Kier alpha value is -2.21. The fourth-order valence-electron chi connectivity index (χ4n) is 3.00. The summed E-state index contributed by atoms with van der Waals surface area (Å²) in [6, 6.07) is 3.67. The number of piperidine rings is 1. The van der Waals surface area contributed by atoms with Gasteiger partial charge in [0, 0.05) is 31.5 Å². The molecule has 3 rings (SSSR count). The third kappa shape index (κ3) is 2.50. The predicted molar refractivity (Wildman–Crippen MR) is 83.9 cm³/mol. The molecular weight excluding hydrogens is 280 g/mol. The van der Waals surface area contributed by atoms with E-state index in [1.807, 2.05) is 13.0 Å². The summed E-state index contributed by atoms with van der Waals surface area (Å²) in [4.78, 5) is 31.3. The molecule has 0 aliphatic carbocycles. The van der Waals surface area contributed by atoms with E-state index in [2.05, 4.69) is 4.98 Å². The first-order valence-corrected chi connectivity index (χ1v) is 7.61. The molecule has 1 saturated heterocycles. The van der Waals surface area contributed by atoms with E-state index >= 15 is 0 Å². The Morgan fingerprint density at radius 3 is 3.00 bits per heavy atom. The van der Waals surface area contributed by atoms with Crippen molar-refractivity contribution in [3.8, 4) is 0 Å². The lowest BCUT2D eigenvalue weighted by Gasteiger charge is -2.34. The van der Waals surface area contributed by atoms with Crippen LogP contribution in [0.2, 0.25) is 0 Å². The fourth-order valence-corrected chi connectivity index (χ4v) is 3.00. The van der Waals surface area contributed by atoms with Gasteiger partial charge in [0.05, 0.1) is 0 Å². The zero-order valence-electron chi connectivity index (χ0n) is 12.7. The van der Waals surface area contributed by atoms with Gasteiger partial charge in [-0.25, -0.2) is 4.98 Å². The summed E-state index contributed by atoms with van der Waals surface area (Å²) in [5.74, 6) is -0.261. The Kier molecular flexibility index (Phi) is 3.94. The van der Waals surface area contributed by atoms with Crippen molar-refractivity contribution < 1.29 is 4.79 Å². The van der Waals surface area contributed by atoms with Gasteiger partial charge in [-0.1, -0.05) is 6.07 Å². The van der Waals surface area contributed by atoms with E-state index in [1.165, 1.54) is 10.6 Å².